The van der Waals surface area contributed by atoms with Crippen LogP contribution in [0.2, 0.25) is 0 Å². The highest BCUT2D eigenvalue weighted by Gasteiger charge is 2.53. The van der Waals surface area contributed by atoms with Gasteiger partial charge in [0.15, 0.2) is 0 Å². The number of hydrogen-bond acceptors (Lipinski definition) is 0. The molecule has 2 saturated carbocycles. The summed E-state index contributed by atoms with van der Waals surface area (Å²) in [5.74, 6) is 3.12. The predicted molar refractivity (Wildman–Crippen MR) is 114 cm³/mol. The fourth-order valence-corrected chi connectivity index (χ4v) is 6.04. The van der Waals surface area contributed by atoms with Crippen molar-refractivity contribution >= 4 is 21.5 Å². The molecule has 27 heavy (non-hydrogen) atoms. The van der Waals surface area contributed by atoms with E-state index in [0.717, 1.165) is 11.8 Å². The summed E-state index contributed by atoms with van der Waals surface area (Å²) in [6.45, 7) is 0. The van der Waals surface area contributed by atoms with Gasteiger partial charge in [-0.05, 0) is 69.2 Å². The first kappa shape index (κ1) is 15.5. The van der Waals surface area contributed by atoms with Crippen molar-refractivity contribution in [2.75, 3.05) is 0 Å². The summed E-state index contributed by atoms with van der Waals surface area (Å²) in [6.07, 6.45) is 4.22. The maximum Gasteiger partial charge on any atom is -0.00589 e. The highest BCUT2D eigenvalue weighted by molar-refractivity contribution is 5.84. The average molecular weight is 348 g/mol. The molecule has 0 bridgehead atoms. The second kappa shape index (κ2) is 5.96. The molecule has 0 unspecified atom stereocenters. The molecule has 2 aliphatic carbocycles. The van der Waals surface area contributed by atoms with Gasteiger partial charge in [-0.25, -0.2) is 0 Å². The van der Waals surface area contributed by atoms with Gasteiger partial charge >= 0.3 is 0 Å². The molecule has 4 atom stereocenters. The molecule has 0 heterocycles. The second-order valence-corrected chi connectivity index (χ2v) is 8.52. The lowest BCUT2D eigenvalue weighted by atomic mass is 9.54. The lowest BCUT2D eigenvalue weighted by molar-refractivity contribution is 0.123. The van der Waals surface area contributed by atoms with E-state index >= 15 is 0 Å². The zero-order valence-electron chi connectivity index (χ0n) is 15.5. The zero-order valence-corrected chi connectivity index (χ0v) is 15.5. The fraction of sp³-hybridized carbons (Fsp3) is 0.259. The van der Waals surface area contributed by atoms with Crippen molar-refractivity contribution in [1.29, 1.82) is 0 Å². The Morgan fingerprint density at radius 2 is 0.926 bits per heavy atom. The van der Waals surface area contributed by atoms with Gasteiger partial charge < -0.3 is 0 Å². The first-order chi connectivity index (χ1) is 13.4. The number of rotatable bonds is 2. The molecule has 0 heteroatoms. The molecule has 6 rings (SSSR count). The minimum atomic E-state index is 0.684. The molecule has 2 fully saturated rings. The summed E-state index contributed by atoms with van der Waals surface area (Å²) in [5, 5.41) is 5.47. The van der Waals surface area contributed by atoms with Gasteiger partial charge in [0.25, 0.3) is 0 Å². The maximum absolute atomic E-state index is 2.46. The zero-order chi connectivity index (χ0) is 17.8. The van der Waals surface area contributed by atoms with Crippen molar-refractivity contribution in [3.05, 3.63) is 96.1 Å². The summed E-state index contributed by atoms with van der Waals surface area (Å²) in [6, 6.07) is 31.9. The van der Waals surface area contributed by atoms with Gasteiger partial charge in [0.2, 0.25) is 0 Å². The standard InChI is InChI=1S/C27H24/c1-3-8-20-16-22(14-12-18(20)6-1)26-24-10-5-11-25(24)27(26)23-15-13-19-7-2-4-9-21(19)17-23/h1-4,6-9,12-17,24-27H,5,10-11H2/t24-,25+,26-,27-/m0/s1. The molecule has 2 aliphatic rings. The van der Waals surface area contributed by atoms with Gasteiger partial charge in [0.05, 0.1) is 0 Å². The largest absolute Gasteiger partial charge is 0.0616 e. The minimum absolute atomic E-state index is 0.684. The van der Waals surface area contributed by atoms with Crippen molar-refractivity contribution in [2.45, 2.75) is 31.1 Å². The Balaban J connectivity index is 1.45. The number of benzene rings is 4. The van der Waals surface area contributed by atoms with Crippen molar-refractivity contribution in [3.63, 3.8) is 0 Å². The Hall–Kier alpha value is -2.60. The molecule has 0 amide bonds. The van der Waals surface area contributed by atoms with Gasteiger partial charge in [-0.15, -0.1) is 0 Å². The Labute approximate surface area is 160 Å². The van der Waals surface area contributed by atoms with Gasteiger partial charge in [-0.2, -0.15) is 0 Å². The topological polar surface area (TPSA) is 0 Å². The third kappa shape index (κ3) is 2.36. The first-order valence-corrected chi connectivity index (χ1v) is 10.4. The highest BCUT2D eigenvalue weighted by Crippen LogP contribution is 2.64. The third-order valence-corrected chi connectivity index (χ3v) is 7.25. The van der Waals surface area contributed by atoms with Gasteiger partial charge in [0, 0.05) is 0 Å². The third-order valence-electron chi connectivity index (χ3n) is 7.25. The Morgan fingerprint density at radius 1 is 0.481 bits per heavy atom. The smallest absolute Gasteiger partial charge is 0.00589 e. The number of fused-ring (bicyclic) bond motifs is 3. The van der Waals surface area contributed by atoms with E-state index in [2.05, 4.69) is 84.9 Å². The normalized spacial score (nSPS) is 26.8. The molecule has 0 radical (unpaired) electrons. The molecular weight excluding hydrogens is 324 g/mol. The van der Waals surface area contributed by atoms with E-state index in [9.17, 15) is 0 Å². The van der Waals surface area contributed by atoms with Gasteiger partial charge in [-0.1, -0.05) is 91.3 Å². The Morgan fingerprint density at radius 3 is 1.41 bits per heavy atom. The van der Waals surface area contributed by atoms with Crippen LogP contribution >= 0.6 is 0 Å². The van der Waals surface area contributed by atoms with Crippen molar-refractivity contribution in [3.8, 4) is 0 Å². The van der Waals surface area contributed by atoms with E-state index in [0.29, 0.717) is 11.8 Å². The molecule has 4 aromatic carbocycles. The van der Waals surface area contributed by atoms with Crippen LogP contribution in [-0.2, 0) is 0 Å². The monoisotopic (exact) mass is 348 g/mol. The van der Waals surface area contributed by atoms with Crippen LogP contribution in [0.5, 0.6) is 0 Å². The first-order valence-electron chi connectivity index (χ1n) is 10.4. The average Bonchev–Trinajstić information content (AvgIpc) is 3.11. The van der Waals surface area contributed by atoms with E-state index in [1.165, 1.54) is 40.8 Å². The molecule has 0 spiro atoms. The van der Waals surface area contributed by atoms with Crippen LogP contribution in [0.1, 0.15) is 42.2 Å². The van der Waals surface area contributed by atoms with Crippen LogP contribution in [0.4, 0.5) is 0 Å². The maximum atomic E-state index is 2.46. The van der Waals surface area contributed by atoms with Crippen LogP contribution < -0.4 is 0 Å². The quantitative estimate of drug-likeness (QED) is 0.357. The second-order valence-electron chi connectivity index (χ2n) is 8.52. The van der Waals surface area contributed by atoms with Crippen LogP contribution in [0, 0.1) is 11.8 Å². The Bertz CT molecular complexity index is 1050. The predicted octanol–water partition coefficient (Wildman–Crippen LogP) is 7.29. The summed E-state index contributed by atoms with van der Waals surface area (Å²) in [4.78, 5) is 0. The van der Waals surface area contributed by atoms with Crippen LogP contribution in [0.15, 0.2) is 84.9 Å². The van der Waals surface area contributed by atoms with Gasteiger partial charge in [-0.3, -0.25) is 0 Å². The summed E-state index contributed by atoms with van der Waals surface area (Å²) in [7, 11) is 0. The minimum Gasteiger partial charge on any atom is -0.0616 e. The van der Waals surface area contributed by atoms with Crippen LogP contribution in [-0.4, -0.2) is 0 Å². The van der Waals surface area contributed by atoms with E-state index in [4.69, 9.17) is 0 Å². The molecule has 0 nitrogen and oxygen atoms in total. The van der Waals surface area contributed by atoms with Crippen molar-refractivity contribution in [1.82, 2.24) is 0 Å². The fourth-order valence-electron chi connectivity index (χ4n) is 6.04. The lowest BCUT2D eigenvalue weighted by Gasteiger charge is -2.50. The van der Waals surface area contributed by atoms with E-state index < -0.39 is 0 Å². The van der Waals surface area contributed by atoms with Crippen LogP contribution in [0.25, 0.3) is 21.5 Å². The molecule has 0 N–H and O–H groups in total. The van der Waals surface area contributed by atoms with E-state index in [1.54, 1.807) is 11.1 Å². The van der Waals surface area contributed by atoms with E-state index in [-0.39, 0.29) is 0 Å². The van der Waals surface area contributed by atoms with Crippen molar-refractivity contribution < 1.29 is 0 Å². The summed E-state index contributed by atoms with van der Waals surface area (Å²) in [5.41, 5.74) is 3.10. The SMILES string of the molecule is c1ccc2cc([C@H]3[C@@H]4CCC[C@@H]4[C@@H]3c3ccc4ccccc4c3)ccc2c1. The molecular formula is C27H24. The highest BCUT2D eigenvalue weighted by atomic mass is 14.6. The summed E-state index contributed by atoms with van der Waals surface area (Å²) < 4.78 is 0. The molecule has 132 valence electrons. The van der Waals surface area contributed by atoms with Crippen LogP contribution in [0.3, 0.4) is 0 Å². The molecule has 0 saturated heterocycles. The van der Waals surface area contributed by atoms with Crippen molar-refractivity contribution in [2.24, 2.45) is 11.8 Å². The van der Waals surface area contributed by atoms with Gasteiger partial charge in [0.1, 0.15) is 0 Å². The van der Waals surface area contributed by atoms with E-state index in [1.807, 2.05) is 0 Å². The molecule has 4 aromatic rings. The molecule has 0 aromatic heterocycles. The molecule has 0 aliphatic heterocycles. The summed E-state index contributed by atoms with van der Waals surface area (Å²) >= 11 is 0. The number of hydrogen-bond donors (Lipinski definition) is 0. The Kier molecular flexibility index (Phi) is 3.41. The lowest BCUT2D eigenvalue weighted by Crippen LogP contribution is -2.39.